The largest absolute Gasteiger partial charge is 0.506 e. The number of carbonyl (C=O) groups is 1. The monoisotopic (exact) mass is 346 g/mol. The molecule has 5 nitrogen and oxygen atoms in total. The van der Waals surface area contributed by atoms with Gasteiger partial charge >= 0.3 is 5.97 Å². The summed E-state index contributed by atoms with van der Waals surface area (Å²) in [6, 6.07) is 0.214. The van der Waals surface area contributed by atoms with Crippen LogP contribution in [0.25, 0.3) is 5.76 Å². The Hall–Kier alpha value is -2.71. The molecule has 1 rings (SSSR count). The summed E-state index contributed by atoms with van der Waals surface area (Å²) in [7, 11) is 0. The van der Waals surface area contributed by atoms with Gasteiger partial charge in [0, 0.05) is 6.21 Å². The van der Waals surface area contributed by atoms with Gasteiger partial charge in [-0.3, -0.25) is 0 Å². The predicted octanol–water partition coefficient (Wildman–Crippen LogP) is 3.54. The molecule has 9 heteroatoms. The number of ether oxygens (including phenoxy) is 1. The Bertz CT molecular complexity index is 715. The zero-order valence-corrected chi connectivity index (χ0v) is 12.8. The van der Waals surface area contributed by atoms with Crippen molar-refractivity contribution in [3.63, 3.8) is 0 Å². The number of benzene rings is 1. The topological polar surface area (TPSA) is 71.2 Å². The Labute approximate surface area is 135 Å². The first-order valence-electron chi connectivity index (χ1n) is 6.83. The van der Waals surface area contributed by atoms with Crippen LogP contribution in [0.5, 0.6) is 0 Å². The maximum Gasteiger partial charge on any atom is 0.343 e. The maximum atomic E-state index is 13.7. The van der Waals surface area contributed by atoms with Crippen molar-refractivity contribution in [1.29, 1.82) is 0 Å². The van der Waals surface area contributed by atoms with E-state index in [0.29, 0.717) is 6.42 Å². The number of carbonyl (C=O) groups excluding carboxylic acids is 1. The average molecular weight is 346 g/mol. The molecule has 0 amide bonds. The third-order valence-corrected chi connectivity index (χ3v) is 2.63. The van der Waals surface area contributed by atoms with Crippen molar-refractivity contribution >= 4 is 24.2 Å². The van der Waals surface area contributed by atoms with Crippen molar-refractivity contribution in [2.45, 2.75) is 20.3 Å². The van der Waals surface area contributed by atoms with E-state index >= 15 is 0 Å². The Balaban J connectivity index is 3.49. The van der Waals surface area contributed by atoms with E-state index in [2.05, 4.69) is 14.9 Å². The SMILES string of the molecule is CC/C=N/N=CC(C(=O)OCC)=C(O)c1cc(F)c(F)c(F)c1F. The van der Waals surface area contributed by atoms with E-state index < -0.39 is 46.1 Å². The van der Waals surface area contributed by atoms with Crippen LogP contribution in [0.15, 0.2) is 21.8 Å². The van der Waals surface area contributed by atoms with Crippen molar-refractivity contribution in [2.24, 2.45) is 10.2 Å². The van der Waals surface area contributed by atoms with E-state index in [1.54, 1.807) is 6.92 Å². The van der Waals surface area contributed by atoms with Gasteiger partial charge in [-0.25, -0.2) is 22.4 Å². The van der Waals surface area contributed by atoms with Gasteiger partial charge in [0.1, 0.15) is 11.3 Å². The molecular weight excluding hydrogens is 332 g/mol. The highest BCUT2D eigenvalue weighted by Crippen LogP contribution is 2.25. The van der Waals surface area contributed by atoms with E-state index in [9.17, 15) is 27.5 Å². The van der Waals surface area contributed by atoms with Crippen LogP contribution in [0, 0.1) is 23.3 Å². The molecule has 0 aromatic heterocycles. The Morgan fingerprint density at radius 2 is 1.83 bits per heavy atom. The van der Waals surface area contributed by atoms with E-state index in [0.717, 1.165) is 6.21 Å². The number of esters is 1. The van der Waals surface area contributed by atoms with Gasteiger partial charge in [-0.15, -0.1) is 0 Å². The van der Waals surface area contributed by atoms with Crippen molar-refractivity contribution < 1.29 is 32.2 Å². The lowest BCUT2D eigenvalue weighted by Gasteiger charge is -2.08. The first-order chi connectivity index (χ1) is 11.3. The minimum absolute atomic E-state index is 0.0870. The molecule has 0 aliphatic carbocycles. The fraction of sp³-hybridized carbons (Fsp3) is 0.267. The highest BCUT2D eigenvalue weighted by molar-refractivity contribution is 6.15. The Morgan fingerprint density at radius 1 is 1.17 bits per heavy atom. The summed E-state index contributed by atoms with van der Waals surface area (Å²) >= 11 is 0. The molecule has 0 spiro atoms. The average Bonchev–Trinajstić information content (AvgIpc) is 2.56. The lowest BCUT2D eigenvalue weighted by atomic mass is 10.1. The molecule has 130 valence electrons. The second kappa shape index (κ2) is 8.80. The molecule has 0 radical (unpaired) electrons. The molecule has 0 bridgehead atoms. The van der Waals surface area contributed by atoms with Crippen molar-refractivity contribution in [3.05, 3.63) is 40.5 Å². The molecule has 0 fully saturated rings. The summed E-state index contributed by atoms with van der Waals surface area (Å²) in [4.78, 5) is 11.8. The van der Waals surface area contributed by atoms with Gasteiger partial charge in [-0.1, -0.05) is 6.92 Å². The first-order valence-corrected chi connectivity index (χ1v) is 6.83. The smallest absolute Gasteiger partial charge is 0.343 e. The molecular formula is C15H14F4N2O3. The second-order valence-electron chi connectivity index (χ2n) is 4.28. The number of hydrogen-bond acceptors (Lipinski definition) is 5. The van der Waals surface area contributed by atoms with Crippen LogP contribution in [0.3, 0.4) is 0 Å². The highest BCUT2D eigenvalue weighted by Gasteiger charge is 2.25. The van der Waals surface area contributed by atoms with Crippen molar-refractivity contribution in [3.8, 4) is 0 Å². The van der Waals surface area contributed by atoms with Crippen LogP contribution < -0.4 is 0 Å². The lowest BCUT2D eigenvalue weighted by Crippen LogP contribution is -2.12. The number of halogens is 4. The molecule has 0 saturated carbocycles. The van der Waals surface area contributed by atoms with Crippen LogP contribution >= 0.6 is 0 Å². The van der Waals surface area contributed by atoms with Gasteiger partial charge in [0.2, 0.25) is 0 Å². The highest BCUT2D eigenvalue weighted by atomic mass is 19.2. The number of aliphatic hydroxyl groups is 1. The summed E-state index contributed by atoms with van der Waals surface area (Å²) in [6.45, 7) is 3.14. The maximum absolute atomic E-state index is 13.7. The number of nitrogens with zero attached hydrogens (tertiary/aromatic N) is 2. The molecule has 0 unspecified atom stereocenters. The standard InChI is InChI=1S/C15H14F4N2O3/c1-3-5-20-21-7-9(15(23)24-4-2)14(22)8-6-10(16)12(18)13(19)11(8)17/h5-7,22H,3-4H2,1-2H3/b14-9?,20-5+,21-7?. The quantitative estimate of drug-likeness (QED) is 0.125. The molecule has 0 aliphatic rings. The van der Waals surface area contributed by atoms with Gasteiger partial charge in [-0.2, -0.15) is 10.2 Å². The molecule has 24 heavy (non-hydrogen) atoms. The molecule has 0 heterocycles. The van der Waals surface area contributed by atoms with E-state index in [4.69, 9.17) is 0 Å². The van der Waals surface area contributed by atoms with Gasteiger partial charge in [-0.05, 0) is 19.4 Å². The molecule has 0 atom stereocenters. The van der Waals surface area contributed by atoms with Crippen molar-refractivity contribution in [2.75, 3.05) is 6.61 Å². The van der Waals surface area contributed by atoms with Crippen LogP contribution in [0.2, 0.25) is 0 Å². The molecule has 1 aromatic carbocycles. The van der Waals surface area contributed by atoms with Gasteiger partial charge in [0.25, 0.3) is 0 Å². The molecule has 1 aromatic rings. The zero-order chi connectivity index (χ0) is 18.3. The van der Waals surface area contributed by atoms with Gasteiger partial charge in [0.15, 0.2) is 23.3 Å². The van der Waals surface area contributed by atoms with E-state index in [1.165, 1.54) is 13.1 Å². The fourth-order valence-electron chi connectivity index (χ4n) is 1.53. The summed E-state index contributed by atoms with van der Waals surface area (Å²) in [5, 5.41) is 16.9. The van der Waals surface area contributed by atoms with Crippen molar-refractivity contribution in [1.82, 2.24) is 0 Å². The van der Waals surface area contributed by atoms with Crippen LogP contribution in [0.1, 0.15) is 25.8 Å². The number of aliphatic hydroxyl groups excluding tert-OH is 1. The number of hydrogen-bond donors (Lipinski definition) is 1. The fourth-order valence-corrected chi connectivity index (χ4v) is 1.53. The zero-order valence-electron chi connectivity index (χ0n) is 12.8. The van der Waals surface area contributed by atoms with Crippen LogP contribution in [-0.4, -0.2) is 30.1 Å². The lowest BCUT2D eigenvalue weighted by molar-refractivity contribution is -0.137. The first kappa shape index (κ1) is 19.3. The summed E-state index contributed by atoms with van der Waals surface area (Å²) < 4.78 is 57.9. The van der Waals surface area contributed by atoms with E-state index in [1.807, 2.05) is 0 Å². The number of rotatable bonds is 6. The third-order valence-electron chi connectivity index (χ3n) is 2.63. The normalized spacial score (nSPS) is 12.8. The van der Waals surface area contributed by atoms with E-state index in [-0.39, 0.29) is 12.7 Å². The third kappa shape index (κ3) is 4.40. The van der Waals surface area contributed by atoms with Gasteiger partial charge in [0.05, 0.1) is 18.4 Å². The van der Waals surface area contributed by atoms with Crippen LogP contribution in [-0.2, 0) is 9.53 Å². The summed E-state index contributed by atoms with van der Waals surface area (Å²) in [5.74, 6) is -10.1. The summed E-state index contributed by atoms with van der Waals surface area (Å²) in [5.41, 5.74) is -1.75. The van der Waals surface area contributed by atoms with Gasteiger partial charge < -0.3 is 9.84 Å². The predicted molar refractivity (Wildman–Crippen MR) is 79.7 cm³/mol. The van der Waals surface area contributed by atoms with Crippen LogP contribution in [0.4, 0.5) is 17.6 Å². The molecule has 0 saturated heterocycles. The minimum atomic E-state index is -2.12. The molecule has 1 N–H and O–H groups in total. The summed E-state index contributed by atoms with van der Waals surface area (Å²) in [6.07, 6.45) is 2.64. The second-order valence-corrected chi connectivity index (χ2v) is 4.28. The Kier molecular flexibility index (Phi) is 7.09. The molecule has 0 aliphatic heterocycles. The Morgan fingerprint density at radius 3 is 2.42 bits per heavy atom. The minimum Gasteiger partial charge on any atom is -0.506 e.